The second-order valence-electron chi connectivity index (χ2n) is 3.20. The fourth-order valence-corrected chi connectivity index (χ4v) is 0.549. The van der Waals surface area contributed by atoms with Crippen LogP contribution in [0.2, 0.25) is 0 Å². The molecule has 0 saturated heterocycles. The van der Waals surface area contributed by atoms with Gasteiger partial charge in [-0.1, -0.05) is 25.2 Å². The van der Waals surface area contributed by atoms with Gasteiger partial charge in [0.2, 0.25) is 0 Å². The molecule has 0 aromatic carbocycles. The van der Waals surface area contributed by atoms with Crippen molar-refractivity contribution in [3.63, 3.8) is 0 Å². The van der Waals surface area contributed by atoms with Crippen LogP contribution in [0.15, 0.2) is 23.8 Å². The van der Waals surface area contributed by atoms with E-state index in [4.69, 9.17) is 0 Å². The largest absolute Gasteiger partial charge is 0.225 e. The summed E-state index contributed by atoms with van der Waals surface area (Å²) in [5, 5.41) is 11.3. The first kappa shape index (κ1) is 10.4. The van der Waals surface area contributed by atoms with Crippen LogP contribution in [-0.2, 0) is 5.11 Å². The fourth-order valence-electron chi connectivity index (χ4n) is 0.549. The van der Waals surface area contributed by atoms with Crippen LogP contribution < -0.4 is 0 Å². The van der Waals surface area contributed by atoms with Crippen LogP contribution in [-0.4, -0.2) is 5.60 Å². The van der Waals surface area contributed by atoms with Crippen molar-refractivity contribution in [3.8, 4) is 0 Å². The first-order chi connectivity index (χ1) is 4.98. The Morgan fingerprint density at radius 1 is 1.45 bits per heavy atom. The molecule has 0 heterocycles. The molecule has 1 radical (unpaired) electrons. The van der Waals surface area contributed by atoms with E-state index in [9.17, 15) is 5.11 Å². The van der Waals surface area contributed by atoms with Crippen LogP contribution in [0.5, 0.6) is 0 Å². The minimum Gasteiger partial charge on any atom is -0.225 e. The highest BCUT2D eigenvalue weighted by molar-refractivity contribution is 5.17. The Morgan fingerprint density at radius 2 is 2.00 bits per heavy atom. The molecule has 0 N–H and O–H groups in total. The predicted molar refractivity (Wildman–Crippen MR) is 48.0 cm³/mol. The molecule has 0 spiro atoms. The van der Waals surface area contributed by atoms with Gasteiger partial charge in [-0.05, 0) is 32.8 Å². The summed E-state index contributed by atoms with van der Waals surface area (Å²) < 4.78 is 0. The van der Waals surface area contributed by atoms with E-state index in [1.807, 2.05) is 25.2 Å². The fraction of sp³-hybridized carbons (Fsp3) is 0.600. The minimum atomic E-state index is -0.932. The molecule has 0 aliphatic carbocycles. The van der Waals surface area contributed by atoms with E-state index in [0.29, 0.717) is 0 Å². The standard InChI is InChI=1S/C10H17O/c1-5-6-7-8-9(2)10(3,4)11/h6-8H,5H2,1-4H3/b7-6+,9-8+. The van der Waals surface area contributed by atoms with Gasteiger partial charge in [0.05, 0.1) is 0 Å². The first-order valence-electron chi connectivity index (χ1n) is 4.02. The molecule has 0 aliphatic rings. The van der Waals surface area contributed by atoms with Gasteiger partial charge in [-0.15, -0.1) is 0 Å². The van der Waals surface area contributed by atoms with E-state index in [2.05, 4.69) is 6.92 Å². The molecule has 0 unspecified atom stereocenters. The Kier molecular flexibility index (Phi) is 4.12. The maximum atomic E-state index is 11.3. The molecular formula is C10H17O. The Labute approximate surface area is 69.4 Å². The lowest BCUT2D eigenvalue weighted by Gasteiger charge is -2.13. The molecule has 0 rings (SSSR count). The minimum absolute atomic E-state index is 0.877. The van der Waals surface area contributed by atoms with Crippen LogP contribution in [0.3, 0.4) is 0 Å². The van der Waals surface area contributed by atoms with Crippen molar-refractivity contribution >= 4 is 0 Å². The summed E-state index contributed by atoms with van der Waals surface area (Å²) in [5.74, 6) is 0. The molecule has 1 nitrogen and oxygen atoms in total. The summed E-state index contributed by atoms with van der Waals surface area (Å²) in [6, 6.07) is 0. The second kappa shape index (κ2) is 4.35. The third kappa shape index (κ3) is 4.79. The van der Waals surface area contributed by atoms with Crippen LogP contribution in [0.4, 0.5) is 0 Å². The van der Waals surface area contributed by atoms with Gasteiger partial charge in [0.1, 0.15) is 5.60 Å². The van der Waals surface area contributed by atoms with Gasteiger partial charge in [0, 0.05) is 0 Å². The van der Waals surface area contributed by atoms with Crippen LogP contribution in [0.1, 0.15) is 34.1 Å². The van der Waals surface area contributed by atoms with Crippen molar-refractivity contribution in [1.82, 2.24) is 0 Å². The molecule has 11 heavy (non-hydrogen) atoms. The Balaban J connectivity index is 4.12. The molecule has 1 heteroatoms. The third-order valence-electron chi connectivity index (χ3n) is 1.67. The van der Waals surface area contributed by atoms with Gasteiger partial charge in [-0.2, -0.15) is 0 Å². The molecule has 0 aromatic heterocycles. The highest BCUT2D eigenvalue weighted by atomic mass is 16.3. The van der Waals surface area contributed by atoms with Gasteiger partial charge in [0.15, 0.2) is 0 Å². The van der Waals surface area contributed by atoms with E-state index < -0.39 is 5.60 Å². The Bertz CT molecular complexity index is 158. The molecule has 0 amide bonds. The predicted octanol–water partition coefficient (Wildman–Crippen LogP) is 3.11. The van der Waals surface area contributed by atoms with Gasteiger partial charge in [-0.25, -0.2) is 5.11 Å². The molecule has 0 aromatic rings. The van der Waals surface area contributed by atoms with Gasteiger partial charge in [-0.3, -0.25) is 0 Å². The van der Waals surface area contributed by atoms with Crippen molar-refractivity contribution < 1.29 is 5.11 Å². The Morgan fingerprint density at radius 3 is 2.36 bits per heavy atom. The van der Waals surface area contributed by atoms with Gasteiger partial charge >= 0.3 is 0 Å². The zero-order chi connectivity index (χ0) is 8.91. The van der Waals surface area contributed by atoms with E-state index >= 15 is 0 Å². The maximum absolute atomic E-state index is 11.3. The topological polar surface area (TPSA) is 19.9 Å². The third-order valence-corrected chi connectivity index (χ3v) is 1.67. The van der Waals surface area contributed by atoms with Crippen molar-refractivity contribution in [2.75, 3.05) is 0 Å². The number of hydrogen-bond acceptors (Lipinski definition) is 0. The van der Waals surface area contributed by atoms with Crippen LogP contribution in [0, 0.1) is 0 Å². The molecule has 0 saturated carbocycles. The van der Waals surface area contributed by atoms with Crippen LogP contribution in [0.25, 0.3) is 0 Å². The zero-order valence-corrected chi connectivity index (χ0v) is 7.85. The molecule has 63 valence electrons. The SMILES string of the molecule is CC/C=C/C=C(\C)C(C)(C)[O]. The highest BCUT2D eigenvalue weighted by Crippen LogP contribution is 2.14. The highest BCUT2D eigenvalue weighted by Gasteiger charge is 2.16. The molecule has 0 fully saturated rings. The second-order valence-corrected chi connectivity index (χ2v) is 3.20. The number of rotatable bonds is 3. The molecule has 0 atom stereocenters. The summed E-state index contributed by atoms with van der Waals surface area (Å²) in [6.45, 7) is 7.30. The summed E-state index contributed by atoms with van der Waals surface area (Å²) in [7, 11) is 0. The quantitative estimate of drug-likeness (QED) is 0.555. The monoisotopic (exact) mass is 153 g/mol. The maximum Gasteiger partial charge on any atom is 0.119 e. The smallest absolute Gasteiger partial charge is 0.119 e. The lowest BCUT2D eigenvalue weighted by molar-refractivity contribution is 0.0380. The van der Waals surface area contributed by atoms with E-state index in [-0.39, 0.29) is 0 Å². The van der Waals surface area contributed by atoms with E-state index in [1.165, 1.54) is 0 Å². The average molecular weight is 153 g/mol. The number of allylic oxidation sites excluding steroid dienone is 3. The summed E-state index contributed by atoms with van der Waals surface area (Å²) in [5.41, 5.74) is -0.0554. The number of hydrogen-bond donors (Lipinski definition) is 0. The van der Waals surface area contributed by atoms with E-state index in [0.717, 1.165) is 12.0 Å². The van der Waals surface area contributed by atoms with Crippen LogP contribution >= 0.6 is 0 Å². The molecule has 0 aliphatic heterocycles. The van der Waals surface area contributed by atoms with Crippen molar-refractivity contribution in [2.24, 2.45) is 0 Å². The first-order valence-corrected chi connectivity index (χ1v) is 4.02. The lowest BCUT2D eigenvalue weighted by atomic mass is 10.00. The van der Waals surface area contributed by atoms with E-state index in [1.54, 1.807) is 13.8 Å². The van der Waals surface area contributed by atoms with Crippen molar-refractivity contribution in [1.29, 1.82) is 0 Å². The summed E-state index contributed by atoms with van der Waals surface area (Å²) in [4.78, 5) is 0. The molecular weight excluding hydrogens is 136 g/mol. The molecule has 0 bridgehead atoms. The van der Waals surface area contributed by atoms with Crippen molar-refractivity contribution in [3.05, 3.63) is 23.8 Å². The van der Waals surface area contributed by atoms with Gasteiger partial charge in [0.25, 0.3) is 0 Å². The average Bonchev–Trinajstić information content (AvgIpc) is 1.86. The zero-order valence-electron chi connectivity index (χ0n) is 7.85. The normalized spacial score (nSPS) is 14.5. The van der Waals surface area contributed by atoms with Crippen molar-refractivity contribution in [2.45, 2.75) is 39.7 Å². The Hall–Kier alpha value is -0.560. The lowest BCUT2D eigenvalue weighted by Crippen LogP contribution is -2.17. The summed E-state index contributed by atoms with van der Waals surface area (Å²) >= 11 is 0. The van der Waals surface area contributed by atoms with Gasteiger partial charge < -0.3 is 0 Å². The summed E-state index contributed by atoms with van der Waals surface area (Å²) in [6.07, 6.45) is 6.88.